The monoisotopic (exact) mass is 271 g/mol. The van der Waals surface area contributed by atoms with Gasteiger partial charge in [0.15, 0.2) is 0 Å². The quantitative estimate of drug-likeness (QED) is 0.430. The number of hydrogen-bond donors (Lipinski definition) is 2. The van der Waals surface area contributed by atoms with Crippen molar-refractivity contribution in [1.82, 2.24) is 10.2 Å². The Balaban J connectivity index is 3.88. The standard InChI is InChI=1S/C14H29N3O2/c1-5-17(6-2)14(18)9-13(10-15)16-7-8-19-11-12(3)4/h13,16H,3,5-11,15H2,1-2,4H3. The molecular weight excluding hydrogens is 242 g/mol. The van der Waals surface area contributed by atoms with E-state index in [-0.39, 0.29) is 11.9 Å². The van der Waals surface area contributed by atoms with Gasteiger partial charge in [0.05, 0.1) is 13.2 Å². The molecule has 1 unspecified atom stereocenters. The van der Waals surface area contributed by atoms with Crippen LogP contribution in [0.5, 0.6) is 0 Å². The van der Waals surface area contributed by atoms with E-state index in [1.54, 1.807) is 0 Å². The fourth-order valence-electron chi connectivity index (χ4n) is 1.74. The summed E-state index contributed by atoms with van der Waals surface area (Å²) in [4.78, 5) is 13.8. The van der Waals surface area contributed by atoms with Crippen LogP contribution in [0, 0.1) is 0 Å². The molecule has 0 aliphatic rings. The molecule has 0 aromatic heterocycles. The number of rotatable bonds is 11. The lowest BCUT2D eigenvalue weighted by molar-refractivity contribution is -0.131. The number of nitrogens with zero attached hydrogens (tertiary/aromatic N) is 1. The number of carbonyl (C=O) groups is 1. The van der Waals surface area contributed by atoms with E-state index in [2.05, 4.69) is 11.9 Å². The molecule has 0 rings (SSSR count). The van der Waals surface area contributed by atoms with Crippen LogP contribution >= 0.6 is 0 Å². The zero-order valence-corrected chi connectivity index (χ0v) is 12.6. The van der Waals surface area contributed by atoms with Gasteiger partial charge in [-0.15, -0.1) is 0 Å². The molecule has 19 heavy (non-hydrogen) atoms. The van der Waals surface area contributed by atoms with E-state index in [1.807, 2.05) is 25.7 Å². The van der Waals surface area contributed by atoms with E-state index >= 15 is 0 Å². The zero-order chi connectivity index (χ0) is 14.7. The second-order valence-corrected chi connectivity index (χ2v) is 4.67. The summed E-state index contributed by atoms with van der Waals surface area (Å²) in [5, 5.41) is 3.25. The van der Waals surface area contributed by atoms with Crippen molar-refractivity contribution in [2.24, 2.45) is 5.73 Å². The molecule has 0 saturated carbocycles. The Morgan fingerprint density at radius 2 is 2.05 bits per heavy atom. The highest BCUT2D eigenvalue weighted by Crippen LogP contribution is 1.98. The van der Waals surface area contributed by atoms with Crippen LogP contribution < -0.4 is 11.1 Å². The third-order valence-corrected chi connectivity index (χ3v) is 2.85. The summed E-state index contributed by atoms with van der Waals surface area (Å²) in [6, 6.07) is 0.0153. The lowest BCUT2D eigenvalue weighted by Gasteiger charge is -2.22. The number of amides is 1. The molecule has 5 nitrogen and oxygen atoms in total. The molecule has 0 aromatic carbocycles. The summed E-state index contributed by atoms with van der Waals surface area (Å²) < 4.78 is 5.39. The predicted molar refractivity (Wildman–Crippen MR) is 79.0 cm³/mol. The van der Waals surface area contributed by atoms with Gasteiger partial charge in [-0.1, -0.05) is 12.2 Å². The summed E-state index contributed by atoms with van der Waals surface area (Å²) in [6.07, 6.45) is 0.443. The molecule has 3 N–H and O–H groups in total. The first-order chi connectivity index (χ1) is 9.04. The van der Waals surface area contributed by atoms with Gasteiger partial charge in [-0.3, -0.25) is 4.79 Å². The highest BCUT2D eigenvalue weighted by molar-refractivity contribution is 5.76. The highest BCUT2D eigenvalue weighted by atomic mass is 16.5. The van der Waals surface area contributed by atoms with Gasteiger partial charge in [-0.2, -0.15) is 0 Å². The third-order valence-electron chi connectivity index (χ3n) is 2.85. The molecule has 0 saturated heterocycles. The minimum Gasteiger partial charge on any atom is -0.376 e. The second-order valence-electron chi connectivity index (χ2n) is 4.67. The number of hydrogen-bond acceptors (Lipinski definition) is 4. The van der Waals surface area contributed by atoms with Crippen molar-refractivity contribution in [3.63, 3.8) is 0 Å². The molecule has 0 aromatic rings. The lowest BCUT2D eigenvalue weighted by Crippen LogP contribution is -2.43. The predicted octanol–water partition coefficient (Wildman–Crippen LogP) is 0.755. The second kappa shape index (κ2) is 11.0. The van der Waals surface area contributed by atoms with E-state index in [0.717, 1.165) is 18.7 Å². The first-order valence-corrected chi connectivity index (χ1v) is 6.98. The van der Waals surface area contributed by atoms with Crippen molar-refractivity contribution < 1.29 is 9.53 Å². The maximum Gasteiger partial charge on any atom is 0.224 e. The third kappa shape index (κ3) is 8.75. The SMILES string of the molecule is C=C(C)COCCNC(CN)CC(=O)N(CC)CC. The maximum absolute atomic E-state index is 11.9. The Bertz CT molecular complexity index is 265. The van der Waals surface area contributed by atoms with Crippen molar-refractivity contribution >= 4 is 5.91 Å². The Labute approximate surface area is 117 Å². The van der Waals surface area contributed by atoms with E-state index in [4.69, 9.17) is 10.5 Å². The number of nitrogens with two attached hydrogens (primary N) is 1. The van der Waals surface area contributed by atoms with Crippen molar-refractivity contribution in [2.75, 3.05) is 39.4 Å². The molecule has 5 heteroatoms. The van der Waals surface area contributed by atoms with Crippen LogP contribution in [-0.2, 0) is 9.53 Å². The van der Waals surface area contributed by atoms with Gasteiger partial charge in [0.25, 0.3) is 0 Å². The smallest absolute Gasteiger partial charge is 0.224 e. The average molecular weight is 271 g/mol. The van der Waals surface area contributed by atoms with Crippen molar-refractivity contribution in [3.05, 3.63) is 12.2 Å². The topological polar surface area (TPSA) is 67.6 Å². The summed E-state index contributed by atoms with van der Waals surface area (Å²) in [7, 11) is 0. The highest BCUT2D eigenvalue weighted by Gasteiger charge is 2.15. The molecule has 0 aliphatic carbocycles. The van der Waals surface area contributed by atoms with E-state index < -0.39 is 0 Å². The van der Waals surface area contributed by atoms with Gasteiger partial charge >= 0.3 is 0 Å². The normalized spacial score (nSPS) is 12.2. The van der Waals surface area contributed by atoms with Crippen molar-refractivity contribution in [1.29, 1.82) is 0 Å². The van der Waals surface area contributed by atoms with Gasteiger partial charge in [0.2, 0.25) is 5.91 Å². The Morgan fingerprint density at radius 3 is 2.53 bits per heavy atom. The molecule has 1 amide bonds. The minimum absolute atomic E-state index is 0.0153. The van der Waals surface area contributed by atoms with E-state index in [9.17, 15) is 4.79 Å². The first-order valence-electron chi connectivity index (χ1n) is 6.98. The summed E-state index contributed by atoms with van der Waals surface area (Å²) in [5.41, 5.74) is 6.69. The van der Waals surface area contributed by atoms with Crippen LogP contribution in [0.2, 0.25) is 0 Å². The number of carbonyl (C=O) groups excluding carboxylic acids is 1. The largest absolute Gasteiger partial charge is 0.376 e. The molecule has 0 bridgehead atoms. The lowest BCUT2D eigenvalue weighted by atomic mass is 10.2. The molecule has 0 radical (unpaired) electrons. The number of nitrogens with one attached hydrogen (secondary N) is 1. The summed E-state index contributed by atoms with van der Waals surface area (Å²) >= 11 is 0. The molecule has 0 fully saturated rings. The van der Waals surface area contributed by atoms with Crippen LogP contribution in [0.1, 0.15) is 27.2 Å². The van der Waals surface area contributed by atoms with Gasteiger partial charge in [-0.25, -0.2) is 0 Å². The van der Waals surface area contributed by atoms with Crippen LogP contribution in [0.15, 0.2) is 12.2 Å². The summed E-state index contributed by atoms with van der Waals surface area (Å²) in [6.45, 7) is 13.5. The van der Waals surface area contributed by atoms with E-state index in [0.29, 0.717) is 32.7 Å². The van der Waals surface area contributed by atoms with Crippen LogP contribution in [0.4, 0.5) is 0 Å². The van der Waals surface area contributed by atoms with Gasteiger partial charge in [0.1, 0.15) is 0 Å². The first kappa shape index (κ1) is 18.1. The molecule has 1 atom stereocenters. The zero-order valence-electron chi connectivity index (χ0n) is 12.6. The van der Waals surface area contributed by atoms with Gasteiger partial charge in [-0.05, 0) is 20.8 Å². The van der Waals surface area contributed by atoms with Crippen LogP contribution in [-0.4, -0.2) is 56.2 Å². The molecule has 112 valence electrons. The van der Waals surface area contributed by atoms with Crippen molar-refractivity contribution in [3.8, 4) is 0 Å². The van der Waals surface area contributed by atoms with Crippen LogP contribution in [0.25, 0.3) is 0 Å². The average Bonchev–Trinajstić information content (AvgIpc) is 2.38. The Hall–Kier alpha value is -0.910. The number of ether oxygens (including phenoxy) is 1. The van der Waals surface area contributed by atoms with E-state index in [1.165, 1.54) is 0 Å². The van der Waals surface area contributed by atoms with Gasteiger partial charge in [0, 0.05) is 38.6 Å². The summed E-state index contributed by atoms with van der Waals surface area (Å²) in [5.74, 6) is 0.149. The van der Waals surface area contributed by atoms with Gasteiger partial charge < -0.3 is 20.7 Å². The Morgan fingerprint density at radius 1 is 1.42 bits per heavy atom. The molecular formula is C14H29N3O2. The van der Waals surface area contributed by atoms with Crippen molar-refractivity contribution in [2.45, 2.75) is 33.2 Å². The molecule has 0 heterocycles. The fourth-order valence-corrected chi connectivity index (χ4v) is 1.74. The fraction of sp³-hybridized carbons (Fsp3) is 0.786. The van der Waals surface area contributed by atoms with Crippen LogP contribution in [0.3, 0.4) is 0 Å². The maximum atomic E-state index is 11.9. The minimum atomic E-state index is 0.0153. The molecule has 0 aliphatic heterocycles. The Kier molecular flexibility index (Phi) is 10.4. The molecule has 0 spiro atoms.